The van der Waals surface area contributed by atoms with E-state index in [9.17, 15) is 4.79 Å². The van der Waals surface area contributed by atoms with Gasteiger partial charge in [0.1, 0.15) is 0 Å². The van der Waals surface area contributed by atoms with Gasteiger partial charge in [0.05, 0.1) is 12.0 Å². The van der Waals surface area contributed by atoms with Crippen LogP contribution in [-0.4, -0.2) is 38.8 Å². The first kappa shape index (κ1) is 20.4. The van der Waals surface area contributed by atoms with Gasteiger partial charge in [-0.15, -0.1) is 12.4 Å². The van der Waals surface area contributed by atoms with Crippen LogP contribution >= 0.6 is 28.3 Å². The number of halogens is 2. The number of benzene rings is 1. The van der Waals surface area contributed by atoms with Crippen LogP contribution in [0.5, 0.6) is 0 Å². The Morgan fingerprint density at radius 3 is 2.74 bits per heavy atom. The first-order valence-electron chi connectivity index (χ1n) is 7.81. The average Bonchev–Trinajstić information content (AvgIpc) is 2.48. The Morgan fingerprint density at radius 2 is 2.13 bits per heavy atom. The van der Waals surface area contributed by atoms with E-state index in [4.69, 9.17) is 4.74 Å². The topological polar surface area (TPSA) is 50.4 Å². The molecule has 0 aliphatic carbocycles. The summed E-state index contributed by atoms with van der Waals surface area (Å²) in [6, 6.07) is 8.31. The van der Waals surface area contributed by atoms with E-state index in [1.54, 1.807) is 7.11 Å². The summed E-state index contributed by atoms with van der Waals surface area (Å²) in [5, 5.41) is 6.49. The van der Waals surface area contributed by atoms with Crippen molar-refractivity contribution in [1.82, 2.24) is 10.6 Å². The molecule has 0 spiro atoms. The fraction of sp³-hybridized carbons (Fsp3) is 0.588. The number of ether oxygens (including phenoxy) is 1. The second kappa shape index (κ2) is 9.62. The molecular weight excluding hydrogens is 380 g/mol. The molecule has 1 amide bonds. The predicted molar refractivity (Wildman–Crippen MR) is 99.1 cm³/mol. The predicted octanol–water partition coefficient (Wildman–Crippen LogP) is 2.93. The number of carbonyl (C=O) groups is 1. The zero-order valence-electron chi connectivity index (χ0n) is 13.7. The minimum Gasteiger partial charge on any atom is -0.384 e. The summed E-state index contributed by atoms with van der Waals surface area (Å²) in [4.78, 5) is 12.7. The first-order valence-corrected chi connectivity index (χ1v) is 8.60. The summed E-state index contributed by atoms with van der Waals surface area (Å²) in [7, 11) is 1.67. The van der Waals surface area contributed by atoms with Crippen molar-refractivity contribution >= 4 is 34.2 Å². The Hall–Kier alpha value is -0.620. The van der Waals surface area contributed by atoms with Gasteiger partial charge in [-0.3, -0.25) is 4.79 Å². The van der Waals surface area contributed by atoms with Crippen LogP contribution in [0.2, 0.25) is 0 Å². The van der Waals surface area contributed by atoms with Crippen molar-refractivity contribution in [3.05, 3.63) is 34.3 Å². The van der Waals surface area contributed by atoms with Gasteiger partial charge in [-0.1, -0.05) is 28.1 Å². The summed E-state index contributed by atoms with van der Waals surface area (Å²) in [6.45, 7) is 4.29. The number of amides is 1. The Bertz CT molecular complexity index is 502. The monoisotopic (exact) mass is 404 g/mol. The highest BCUT2D eigenvalue weighted by Gasteiger charge is 2.39. The van der Waals surface area contributed by atoms with Gasteiger partial charge in [0.25, 0.3) is 0 Å². The van der Waals surface area contributed by atoms with Gasteiger partial charge in [0, 0.05) is 17.6 Å². The minimum absolute atomic E-state index is 0. The highest BCUT2D eigenvalue weighted by molar-refractivity contribution is 9.10. The summed E-state index contributed by atoms with van der Waals surface area (Å²) < 4.78 is 6.39. The van der Waals surface area contributed by atoms with E-state index in [0.717, 1.165) is 36.8 Å². The van der Waals surface area contributed by atoms with Crippen molar-refractivity contribution in [2.24, 2.45) is 5.41 Å². The Morgan fingerprint density at radius 1 is 1.43 bits per heavy atom. The molecule has 4 nitrogen and oxygen atoms in total. The zero-order chi connectivity index (χ0) is 16.0. The molecular formula is C17H26BrClN2O2. The molecule has 130 valence electrons. The SMILES string of the molecule is COCC1(C(=O)NC(C)Cc2cccc(Br)c2)CCNCC1.Cl. The first-order chi connectivity index (χ1) is 10.6. The van der Waals surface area contributed by atoms with Crippen molar-refractivity contribution in [2.75, 3.05) is 26.8 Å². The van der Waals surface area contributed by atoms with E-state index >= 15 is 0 Å². The number of hydrogen-bond acceptors (Lipinski definition) is 3. The Labute approximate surface area is 153 Å². The van der Waals surface area contributed by atoms with Crippen LogP contribution < -0.4 is 10.6 Å². The largest absolute Gasteiger partial charge is 0.384 e. The molecule has 2 N–H and O–H groups in total. The third-order valence-electron chi connectivity index (χ3n) is 4.27. The number of rotatable bonds is 6. The van der Waals surface area contributed by atoms with E-state index in [1.165, 1.54) is 5.56 Å². The molecule has 0 bridgehead atoms. The summed E-state index contributed by atoms with van der Waals surface area (Å²) >= 11 is 3.48. The fourth-order valence-corrected chi connectivity index (χ4v) is 3.51. The van der Waals surface area contributed by atoms with Crippen LogP contribution in [0.25, 0.3) is 0 Å². The summed E-state index contributed by atoms with van der Waals surface area (Å²) in [6.07, 6.45) is 2.49. The quantitative estimate of drug-likeness (QED) is 0.765. The molecule has 6 heteroatoms. The highest BCUT2D eigenvalue weighted by Crippen LogP contribution is 2.29. The fourth-order valence-electron chi connectivity index (χ4n) is 3.06. The van der Waals surface area contributed by atoms with Crippen LogP contribution in [0.4, 0.5) is 0 Å². The standard InChI is InChI=1S/C17H25BrN2O2.ClH/c1-13(10-14-4-3-5-15(18)11-14)20-16(21)17(12-22-2)6-8-19-9-7-17;/h3-5,11,13,19H,6-10,12H2,1-2H3,(H,20,21);1H. The lowest BCUT2D eigenvalue weighted by Crippen LogP contribution is -2.52. The third-order valence-corrected chi connectivity index (χ3v) is 4.76. The number of carbonyl (C=O) groups excluding carboxylic acids is 1. The zero-order valence-corrected chi connectivity index (χ0v) is 16.1. The second-order valence-electron chi connectivity index (χ2n) is 6.17. The van der Waals surface area contributed by atoms with Gasteiger partial charge in [-0.05, 0) is 57.0 Å². The highest BCUT2D eigenvalue weighted by atomic mass is 79.9. The normalized spacial score (nSPS) is 17.9. The third kappa shape index (κ3) is 5.75. The molecule has 1 aliphatic heterocycles. The van der Waals surface area contributed by atoms with Gasteiger partial charge in [-0.2, -0.15) is 0 Å². The van der Waals surface area contributed by atoms with Crippen molar-refractivity contribution in [1.29, 1.82) is 0 Å². The lowest BCUT2D eigenvalue weighted by molar-refractivity contribution is -0.136. The van der Waals surface area contributed by atoms with E-state index in [1.807, 2.05) is 12.1 Å². The Kier molecular flexibility index (Phi) is 8.54. The molecule has 0 radical (unpaired) electrons. The van der Waals surface area contributed by atoms with Crippen LogP contribution in [0.1, 0.15) is 25.3 Å². The van der Waals surface area contributed by atoms with Crippen LogP contribution in [0.3, 0.4) is 0 Å². The minimum atomic E-state index is -0.383. The van der Waals surface area contributed by atoms with Gasteiger partial charge >= 0.3 is 0 Å². The van der Waals surface area contributed by atoms with E-state index in [0.29, 0.717) is 6.61 Å². The van der Waals surface area contributed by atoms with Gasteiger partial charge in [-0.25, -0.2) is 0 Å². The number of hydrogen-bond donors (Lipinski definition) is 2. The molecule has 1 unspecified atom stereocenters. The molecule has 1 aromatic rings. The molecule has 0 saturated carbocycles. The summed E-state index contributed by atoms with van der Waals surface area (Å²) in [5.74, 6) is 0.123. The van der Waals surface area contributed by atoms with Crippen molar-refractivity contribution in [3.8, 4) is 0 Å². The molecule has 23 heavy (non-hydrogen) atoms. The smallest absolute Gasteiger partial charge is 0.228 e. The van der Waals surface area contributed by atoms with Crippen molar-refractivity contribution < 1.29 is 9.53 Å². The van der Waals surface area contributed by atoms with Crippen LogP contribution in [0, 0.1) is 5.41 Å². The lowest BCUT2D eigenvalue weighted by Gasteiger charge is -2.36. The van der Waals surface area contributed by atoms with Crippen molar-refractivity contribution in [2.45, 2.75) is 32.2 Å². The number of piperidine rings is 1. The molecule has 2 rings (SSSR count). The second-order valence-corrected chi connectivity index (χ2v) is 7.09. The van der Waals surface area contributed by atoms with E-state index in [-0.39, 0.29) is 29.8 Å². The maximum atomic E-state index is 12.7. The van der Waals surface area contributed by atoms with Gasteiger partial charge < -0.3 is 15.4 Å². The number of methoxy groups -OCH3 is 1. The molecule has 1 atom stereocenters. The maximum absolute atomic E-state index is 12.7. The molecule has 1 saturated heterocycles. The van der Waals surface area contributed by atoms with Crippen LogP contribution in [0.15, 0.2) is 28.7 Å². The average molecular weight is 406 g/mol. The van der Waals surface area contributed by atoms with E-state index < -0.39 is 0 Å². The van der Waals surface area contributed by atoms with Crippen LogP contribution in [-0.2, 0) is 16.0 Å². The number of nitrogens with one attached hydrogen (secondary N) is 2. The maximum Gasteiger partial charge on any atom is 0.228 e. The van der Waals surface area contributed by atoms with Crippen molar-refractivity contribution in [3.63, 3.8) is 0 Å². The summed E-state index contributed by atoms with van der Waals surface area (Å²) in [5.41, 5.74) is 0.833. The molecule has 1 fully saturated rings. The molecule has 1 aliphatic rings. The molecule has 0 aromatic heterocycles. The van der Waals surface area contributed by atoms with Gasteiger partial charge in [0.2, 0.25) is 5.91 Å². The van der Waals surface area contributed by atoms with E-state index in [2.05, 4.69) is 45.6 Å². The molecule has 1 aromatic carbocycles. The molecule has 1 heterocycles. The Balaban J connectivity index is 0.00000264. The van der Waals surface area contributed by atoms with Gasteiger partial charge in [0.15, 0.2) is 0 Å². The lowest BCUT2D eigenvalue weighted by atomic mass is 9.78.